The average Bonchev–Trinajstić information content (AvgIpc) is 3.17. The molecule has 1 saturated heterocycles. The number of para-hydroxylation sites is 1. The van der Waals surface area contributed by atoms with Gasteiger partial charge in [-0.3, -0.25) is 9.79 Å². The van der Waals surface area contributed by atoms with Crippen LogP contribution in [0.5, 0.6) is 0 Å². The molecule has 1 atom stereocenters. The molecule has 1 aliphatic heterocycles. The molecule has 6 heteroatoms. The van der Waals surface area contributed by atoms with E-state index in [1.165, 1.54) is 4.90 Å². The molecule has 5 nitrogen and oxygen atoms in total. The molecule has 1 amide bonds. The Kier molecular flexibility index (Phi) is 7.16. The van der Waals surface area contributed by atoms with Gasteiger partial charge < -0.3 is 15.5 Å². The van der Waals surface area contributed by atoms with Gasteiger partial charge in [-0.1, -0.05) is 36.4 Å². The fourth-order valence-corrected chi connectivity index (χ4v) is 4.16. The third-order valence-electron chi connectivity index (χ3n) is 4.49. The molecule has 1 aliphatic rings. The van der Waals surface area contributed by atoms with Gasteiger partial charge >= 0.3 is 0 Å². The summed E-state index contributed by atoms with van der Waals surface area (Å²) in [4.78, 5) is 20.0. The standard InChI is InChI=1S/C21H26N4OS/c1-22-21(23-14-20(26)24-18-8-4-2-5-9-18)25-13-12-17(15-25)16-27-19-10-6-3-7-11-19/h2-11,17H,12-16H2,1H3,(H,22,23)(H,24,26). The summed E-state index contributed by atoms with van der Waals surface area (Å²) < 4.78 is 0. The largest absolute Gasteiger partial charge is 0.347 e. The summed E-state index contributed by atoms with van der Waals surface area (Å²) in [7, 11) is 1.77. The molecule has 3 rings (SSSR count). The summed E-state index contributed by atoms with van der Waals surface area (Å²) in [6.07, 6.45) is 1.15. The molecule has 0 aliphatic carbocycles. The van der Waals surface area contributed by atoms with Gasteiger partial charge in [0.25, 0.3) is 0 Å². The van der Waals surface area contributed by atoms with Crippen molar-refractivity contribution in [3.63, 3.8) is 0 Å². The first-order valence-corrected chi connectivity index (χ1v) is 10.2. The highest BCUT2D eigenvalue weighted by atomic mass is 32.2. The first-order valence-electron chi connectivity index (χ1n) is 9.23. The molecular weight excluding hydrogens is 356 g/mol. The van der Waals surface area contributed by atoms with Crippen LogP contribution < -0.4 is 10.6 Å². The predicted molar refractivity (Wildman–Crippen MR) is 113 cm³/mol. The lowest BCUT2D eigenvalue weighted by Gasteiger charge is -2.21. The van der Waals surface area contributed by atoms with Crippen LogP contribution in [0.1, 0.15) is 6.42 Å². The number of hydrogen-bond acceptors (Lipinski definition) is 3. The highest BCUT2D eigenvalue weighted by Gasteiger charge is 2.25. The molecule has 2 aromatic rings. The van der Waals surface area contributed by atoms with E-state index in [-0.39, 0.29) is 12.5 Å². The van der Waals surface area contributed by atoms with Crippen molar-refractivity contribution >= 4 is 29.3 Å². The van der Waals surface area contributed by atoms with Crippen molar-refractivity contribution in [3.05, 3.63) is 60.7 Å². The number of benzene rings is 2. The van der Waals surface area contributed by atoms with Gasteiger partial charge in [-0.25, -0.2) is 0 Å². The lowest BCUT2D eigenvalue weighted by molar-refractivity contribution is -0.115. The first kappa shape index (κ1) is 19.3. The number of nitrogens with zero attached hydrogens (tertiary/aromatic N) is 2. The van der Waals surface area contributed by atoms with E-state index < -0.39 is 0 Å². The normalized spacial score (nSPS) is 17.0. The maximum atomic E-state index is 12.1. The van der Waals surface area contributed by atoms with Gasteiger partial charge in [0.15, 0.2) is 5.96 Å². The summed E-state index contributed by atoms with van der Waals surface area (Å²) in [6, 6.07) is 20.0. The molecule has 0 saturated carbocycles. The quantitative estimate of drug-likeness (QED) is 0.457. The number of anilines is 1. The fraction of sp³-hybridized carbons (Fsp3) is 0.333. The van der Waals surface area contributed by atoms with Crippen LogP contribution in [-0.4, -0.2) is 49.2 Å². The van der Waals surface area contributed by atoms with Crippen molar-refractivity contribution in [2.24, 2.45) is 10.9 Å². The van der Waals surface area contributed by atoms with Crippen molar-refractivity contribution in [1.82, 2.24) is 10.2 Å². The Bertz CT molecular complexity index is 751. The highest BCUT2D eigenvalue weighted by Crippen LogP contribution is 2.25. The van der Waals surface area contributed by atoms with E-state index in [0.717, 1.165) is 36.9 Å². The zero-order valence-electron chi connectivity index (χ0n) is 15.6. The van der Waals surface area contributed by atoms with E-state index in [1.807, 2.05) is 48.2 Å². The monoisotopic (exact) mass is 382 g/mol. The Morgan fingerprint density at radius 2 is 1.85 bits per heavy atom. The number of guanidine groups is 1. The maximum Gasteiger partial charge on any atom is 0.243 e. The molecule has 0 aromatic heterocycles. The van der Waals surface area contributed by atoms with Crippen molar-refractivity contribution in [2.45, 2.75) is 11.3 Å². The lowest BCUT2D eigenvalue weighted by atomic mass is 10.2. The van der Waals surface area contributed by atoms with E-state index in [0.29, 0.717) is 5.92 Å². The van der Waals surface area contributed by atoms with E-state index in [4.69, 9.17) is 0 Å². The number of hydrogen-bond donors (Lipinski definition) is 2. The van der Waals surface area contributed by atoms with Crippen molar-refractivity contribution < 1.29 is 4.79 Å². The minimum absolute atomic E-state index is 0.0715. The molecule has 1 fully saturated rings. The summed E-state index contributed by atoms with van der Waals surface area (Å²) >= 11 is 1.91. The van der Waals surface area contributed by atoms with Crippen LogP contribution in [0.15, 0.2) is 70.6 Å². The molecule has 27 heavy (non-hydrogen) atoms. The van der Waals surface area contributed by atoms with E-state index in [9.17, 15) is 4.79 Å². The number of nitrogens with one attached hydrogen (secondary N) is 2. The van der Waals surface area contributed by atoms with Crippen LogP contribution in [0.3, 0.4) is 0 Å². The molecule has 142 valence electrons. The lowest BCUT2D eigenvalue weighted by Crippen LogP contribution is -2.43. The molecular formula is C21H26N4OS. The Hall–Kier alpha value is -2.47. The van der Waals surface area contributed by atoms with Crippen LogP contribution in [0.25, 0.3) is 0 Å². The van der Waals surface area contributed by atoms with E-state index in [2.05, 4.69) is 44.8 Å². The zero-order valence-corrected chi connectivity index (χ0v) is 16.4. The molecule has 2 aromatic carbocycles. The number of rotatable bonds is 6. The van der Waals surface area contributed by atoms with Gasteiger partial charge in [0.05, 0.1) is 6.54 Å². The molecule has 0 radical (unpaired) electrons. The summed E-state index contributed by atoms with van der Waals surface area (Å²) in [5.74, 6) is 2.46. The minimum atomic E-state index is -0.0715. The van der Waals surface area contributed by atoms with Gasteiger partial charge in [0.1, 0.15) is 0 Å². The maximum absolute atomic E-state index is 12.1. The van der Waals surface area contributed by atoms with Crippen molar-refractivity contribution in [3.8, 4) is 0 Å². The van der Waals surface area contributed by atoms with Gasteiger partial charge in [0, 0.05) is 36.5 Å². The second-order valence-electron chi connectivity index (χ2n) is 6.54. The number of carbonyl (C=O) groups is 1. The zero-order chi connectivity index (χ0) is 18.9. The SMILES string of the molecule is CN=C(NCC(=O)Nc1ccccc1)N1CCC(CSc2ccccc2)C1. The second-order valence-corrected chi connectivity index (χ2v) is 7.63. The molecule has 1 unspecified atom stereocenters. The van der Waals surface area contributed by atoms with Crippen LogP contribution >= 0.6 is 11.8 Å². The van der Waals surface area contributed by atoms with Gasteiger partial charge in [-0.05, 0) is 36.6 Å². The third-order valence-corrected chi connectivity index (χ3v) is 5.73. The Morgan fingerprint density at radius 1 is 1.15 bits per heavy atom. The summed E-state index contributed by atoms with van der Waals surface area (Å²) in [5, 5.41) is 6.06. The molecule has 0 spiro atoms. The van der Waals surface area contributed by atoms with Crippen LogP contribution in [0.2, 0.25) is 0 Å². The smallest absolute Gasteiger partial charge is 0.243 e. The number of aliphatic imine (C=N–C) groups is 1. The summed E-state index contributed by atoms with van der Waals surface area (Å²) in [6.45, 7) is 2.15. The average molecular weight is 383 g/mol. The van der Waals surface area contributed by atoms with E-state index in [1.54, 1.807) is 7.05 Å². The Labute approximate surface area is 165 Å². The second kappa shape index (κ2) is 10.0. The molecule has 0 bridgehead atoms. The fourth-order valence-electron chi connectivity index (χ4n) is 3.11. The topological polar surface area (TPSA) is 56.7 Å². The van der Waals surface area contributed by atoms with Crippen LogP contribution in [0.4, 0.5) is 5.69 Å². The number of thioether (sulfide) groups is 1. The first-order chi connectivity index (χ1) is 13.2. The summed E-state index contributed by atoms with van der Waals surface area (Å²) in [5.41, 5.74) is 0.804. The third kappa shape index (κ3) is 6.03. The Morgan fingerprint density at radius 3 is 2.56 bits per heavy atom. The minimum Gasteiger partial charge on any atom is -0.347 e. The van der Waals surface area contributed by atoms with Crippen LogP contribution in [-0.2, 0) is 4.79 Å². The predicted octanol–water partition coefficient (Wildman–Crippen LogP) is 3.31. The molecule has 2 N–H and O–H groups in total. The van der Waals surface area contributed by atoms with Gasteiger partial charge in [-0.15, -0.1) is 11.8 Å². The van der Waals surface area contributed by atoms with Crippen molar-refractivity contribution in [1.29, 1.82) is 0 Å². The number of likely N-dealkylation sites (tertiary alicyclic amines) is 1. The number of amides is 1. The number of carbonyl (C=O) groups excluding carboxylic acids is 1. The Balaban J connectivity index is 1.42. The van der Waals surface area contributed by atoms with Gasteiger partial charge in [0.2, 0.25) is 5.91 Å². The van der Waals surface area contributed by atoms with Crippen molar-refractivity contribution in [2.75, 3.05) is 37.8 Å². The van der Waals surface area contributed by atoms with E-state index >= 15 is 0 Å². The highest BCUT2D eigenvalue weighted by molar-refractivity contribution is 7.99. The molecule has 1 heterocycles. The van der Waals surface area contributed by atoms with Gasteiger partial charge in [-0.2, -0.15) is 0 Å². The van der Waals surface area contributed by atoms with Crippen LogP contribution in [0, 0.1) is 5.92 Å².